The molecule has 0 radical (unpaired) electrons. The van der Waals surface area contributed by atoms with Crippen molar-refractivity contribution in [3.63, 3.8) is 0 Å². The number of carbonyl (C=O) groups is 3. The average Bonchev–Trinajstić information content (AvgIpc) is 3.48. The Bertz CT molecular complexity index is 1240. The second-order valence-corrected chi connectivity index (χ2v) is 6.78. The van der Waals surface area contributed by atoms with Crippen LogP contribution in [0.25, 0.3) is 0 Å². The first-order valence-corrected chi connectivity index (χ1v) is 9.55. The first-order chi connectivity index (χ1) is 15.5. The van der Waals surface area contributed by atoms with Crippen LogP contribution < -0.4 is 15.4 Å². The average molecular weight is 430 g/mol. The summed E-state index contributed by atoms with van der Waals surface area (Å²) in [6.07, 6.45) is 4.49. The van der Waals surface area contributed by atoms with Crippen LogP contribution >= 0.6 is 0 Å². The minimum absolute atomic E-state index is 0.188. The number of esters is 1. The molecule has 160 valence electrons. The lowest BCUT2D eigenvalue weighted by molar-refractivity contribution is 0.0734. The summed E-state index contributed by atoms with van der Waals surface area (Å²) in [6.45, 7) is 0. The van der Waals surface area contributed by atoms with Gasteiger partial charge in [0, 0.05) is 24.6 Å². The van der Waals surface area contributed by atoms with Crippen molar-refractivity contribution in [3.8, 4) is 5.75 Å². The van der Waals surface area contributed by atoms with E-state index in [1.54, 1.807) is 73.9 Å². The van der Waals surface area contributed by atoms with Crippen molar-refractivity contribution in [3.05, 3.63) is 96.2 Å². The van der Waals surface area contributed by atoms with E-state index in [0.29, 0.717) is 28.3 Å². The van der Waals surface area contributed by atoms with Gasteiger partial charge in [0.1, 0.15) is 5.75 Å². The molecule has 2 aromatic heterocycles. The Balaban J connectivity index is 1.33. The number of aryl methyl sites for hydroxylation is 1. The van der Waals surface area contributed by atoms with Crippen molar-refractivity contribution in [2.24, 2.45) is 7.05 Å². The minimum Gasteiger partial charge on any atom is -0.459 e. The Kier molecular flexibility index (Phi) is 5.80. The van der Waals surface area contributed by atoms with E-state index in [9.17, 15) is 14.4 Å². The van der Waals surface area contributed by atoms with Gasteiger partial charge in [-0.25, -0.2) is 4.79 Å². The van der Waals surface area contributed by atoms with Crippen molar-refractivity contribution >= 4 is 29.2 Å². The number of aromatic nitrogens is 2. The van der Waals surface area contributed by atoms with Gasteiger partial charge in [-0.15, -0.1) is 0 Å². The van der Waals surface area contributed by atoms with Crippen LogP contribution in [-0.4, -0.2) is 27.6 Å². The highest BCUT2D eigenvalue weighted by atomic mass is 16.5. The lowest BCUT2D eigenvalue weighted by Crippen LogP contribution is -2.12. The number of furan rings is 1. The molecular formula is C23H18N4O5. The van der Waals surface area contributed by atoms with Gasteiger partial charge in [0.2, 0.25) is 0 Å². The molecule has 0 aliphatic rings. The molecule has 2 heterocycles. The smallest absolute Gasteiger partial charge is 0.343 e. The number of amides is 2. The van der Waals surface area contributed by atoms with Gasteiger partial charge in [0.25, 0.3) is 11.8 Å². The molecule has 0 unspecified atom stereocenters. The Labute approximate surface area is 182 Å². The van der Waals surface area contributed by atoms with Crippen LogP contribution in [0.15, 0.2) is 83.7 Å². The normalized spacial score (nSPS) is 10.4. The van der Waals surface area contributed by atoms with Crippen LogP contribution in [0.3, 0.4) is 0 Å². The topological polar surface area (TPSA) is 115 Å². The Hall–Kier alpha value is -4.66. The molecule has 2 N–H and O–H groups in total. The highest BCUT2D eigenvalue weighted by molar-refractivity contribution is 6.04. The standard InChI is InChI=1S/C23H18N4O5/c1-27-14-16(13-24-27)21(28)25-18-8-10-19(11-9-18)32-23(30)15-4-6-17(7-5-15)26-22(29)20-3-2-12-31-20/h2-14H,1H3,(H,25,28)(H,26,29). The highest BCUT2D eigenvalue weighted by Gasteiger charge is 2.12. The molecule has 0 aliphatic heterocycles. The molecule has 2 aromatic carbocycles. The Morgan fingerprint density at radius 3 is 2.12 bits per heavy atom. The van der Waals surface area contributed by atoms with Crippen molar-refractivity contribution in [2.75, 3.05) is 10.6 Å². The zero-order chi connectivity index (χ0) is 22.5. The molecule has 4 rings (SSSR count). The summed E-state index contributed by atoms with van der Waals surface area (Å²) >= 11 is 0. The number of nitrogens with zero attached hydrogens (tertiary/aromatic N) is 2. The van der Waals surface area contributed by atoms with E-state index in [1.165, 1.54) is 17.1 Å². The van der Waals surface area contributed by atoms with Gasteiger partial charge in [-0.3, -0.25) is 14.3 Å². The zero-order valence-electron chi connectivity index (χ0n) is 16.9. The largest absolute Gasteiger partial charge is 0.459 e. The number of anilines is 2. The summed E-state index contributed by atoms with van der Waals surface area (Å²) in [5, 5.41) is 9.37. The number of ether oxygens (including phenoxy) is 1. The van der Waals surface area contributed by atoms with E-state index in [4.69, 9.17) is 9.15 Å². The Morgan fingerprint density at radius 1 is 0.875 bits per heavy atom. The van der Waals surface area contributed by atoms with Crippen molar-refractivity contribution in [1.29, 1.82) is 0 Å². The van der Waals surface area contributed by atoms with Gasteiger partial charge in [0.05, 0.1) is 23.6 Å². The molecule has 0 atom stereocenters. The van der Waals surface area contributed by atoms with Gasteiger partial charge < -0.3 is 19.8 Å². The van der Waals surface area contributed by atoms with Crippen molar-refractivity contribution in [1.82, 2.24) is 9.78 Å². The third kappa shape index (κ3) is 4.90. The van der Waals surface area contributed by atoms with E-state index in [1.807, 2.05) is 0 Å². The molecule has 32 heavy (non-hydrogen) atoms. The molecule has 0 bridgehead atoms. The summed E-state index contributed by atoms with van der Waals surface area (Å²) in [4.78, 5) is 36.5. The molecule has 4 aromatic rings. The summed E-state index contributed by atoms with van der Waals surface area (Å²) in [7, 11) is 1.73. The first-order valence-electron chi connectivity index (χ1n) is 9.55. The van der Waals surface area contributed by atoms with Crippen molar-refractivity contribution in [2.45, 2.75) is 0 Å². The maximum absolute atomic E-state index is 12.4. The van der Waals surface area contributed by atoms with E-state index >= 15 is 0 Å². The molecule has 0 aliphatic carbocycles. The third-order valence-corrected chi connectivity index (χ3v) is 4.41. The van der Waals surface area contributed by atoms with E-state index in [2.05, 4.69) is 15.7 Å². The fraction of sp³-hybridized carbons (Fsp3) is 0.0435. The number of hydrogen-bond donors (Lipinski definition) is 2. The van der Waals surface area contributed by atoms with Crippen LogP contribution in [0, 0.1) is 0 Å². The van der Waals surface area contributed by atoms with E-state index in [-0.39, 0.29) is 17.6 Å². The van der Waals surface area contributed by atoms with Gasteiger partial charge >= 0.3 is 5.97 Å². The third-order valence-electron chi connectivity index (χ3n) is 4.41. The molecule has 0 saturated heterocycles. The van der Waals surface area contributed by atoms with Crippen LogP contribution in [0.1, 0.15) is 31.3 Å². The highest BCUT2D eigenvalue weighted by Crippen LogP contribution is 2.19. The van der Waals surface area contributed by atoms with Gasteiger partial charge in [-0.1, -0.05) is 0 Å². The van der Waals surface area contributed by atoms with Gasteiger partial charge in [-0.2, -0.15) is 5.10 Å². The minimum atomic E-state index is -0.555. The quantitative estimate of drug-likeness (QED) is 0.356. The maximum Gasteiger partial charge on any atom is 0.343 e. The molecule has 9 nitrogen and oxygen atoms in total. The molecule has 0 saturated carbocycles. The van der Waals surface area contributed by atoms with Crippen LogP contribution in [0.2, 0.25) is 0 Å². The van der Waals surface area contributed by atoms with Crippen LogP contribution in [0.5, 0.6) is 5.75 Å². The number of rotatable bonds is 6. The monoisotopic (exact) mass is 430 g/mol. The van der Waals surface area contributed by atoms with Gasteiger partial charge in [-0.05, 0) is 60.7 Å². The summed E-state index contributed by atoms with van der Waals surface area (Å²) in [5.41, 5.74) is 1.81. The molecule has 0 spiro atoms. The summed E-state index contributed by atoms with van der Waals surface area (Å²) in [6, 6.07) is 15.9. The molecule has 2 amide bonds. The van der Waals surface area contributed by atoms with E-state index < -0.39 is 5.97 Å². The van der Waals surface area contributed by atoms with E-state index in [0.717, 1.165) is 0 Å². The zero-order valence-corrected chi connectivity index (χ0v) is 16.9. The molecule has 9 heteroatoms. The summed E-state index contributed by atoms with van der Waals surface area (Å²) in [5.74, 6) is -0.720. The van der Waals surface area contributed by atoms with Gasteiger partial charge in [0.15, 0.2) is 5.76 Å². The lowest BCUT2D eigenvalue weighted by Gasteiger charge is -2.08. The van der Waals surface area contributed by atoms with Crippen molar-refractivity contribution < 1.29 is 23.5 Å². The predicted molar refractivity (Wildman–Crippen MR) is 116 cm³/mol. The fourth-order valence-electron chi connectivity index (χ4n) is 2.80. The second kappa shape index (κ2) is 9.00. The maximum atomic E-state index is 12.4. The lowest BCUT2D eigenvalue weighted by atomic mass is 10.2. The number of hydrogen-bond acceptors (Lipinski definition) is 6. The number of nitrogens with one attached hydrogen (secondary N) is 2. The number of benzene rings is 2. The van der Waals surface area contributed by atoms with Crippen LogP contribution in [0.4, 0.5) is 11.4 Å². The fourth-order valence-corrected chi connectivity index (χ4v) is 2.80. The summed E-state index contributed by atoms with van der Waals surface area (Å²) < 4.78 is 11.9. The second-order valence-electron chi connectivity index (χ2n) is 6.78. The van der Waals surface area contributed by atoms with Crippen LogP contribution in [-0.2, 0) is 7.05 Å². The molecule has 0 fully saturated rings. The first kappa shape index (κ1) is 20.6. The Morgan fingerprint density at radius 2 is 1.53 bits per heavy atom. The molecular weight excluding hydrogens is 412 g/mol. The predicted octanol–water partition coefficient (Wildman–Crippen LogP) is 3.74. The SMILES string of the molecule is Cn1cc(C(=O)Nc2ccc(OC(=O)c3ccc(NC(=O)c4ccco4)cc3)cc2)cn1. The number of carbonyl (C=O) groups excluding carboxylic acids is 3.